The summed E-state index contributed by atoms with van der Waals surface area (Å²) < 4.78 is 1.08. The number of thiazole rings is 1. The molecule has 0 unspecified atom stereocenters. The number of hydrogen-bond donors (Lipinski definition) is 0. The lowest BCUT2D eigenvalue weighted by Gasteiger charge is -2.04. The van der Waals surface area contributed by atoms with Gasteiger partial charge in [0.15, 0.2) is 0 Å². The van der Waals surface area contributed by atoms with Gasteiger partial charge >= 0.3 is 0 Å². The molecule has 1 aliphatic rings. The minimum atomic E-state index is 0.803. The average molecular weight is 232 g/mol. The van der Waals surface area contributed by atoms with Crippen LogP contribution in [0.5, 0.6) is 0 Å². The predicted molar refractivity (Wildman–Crippen MR) is 51.0 cm³/mol. The first-order valence-corrected chi connectivity index (χ1v) is 5.64. The largest absolute Gasteiger partial charge is 0.237 e. The van der Waals surface area contributed by atoms with E-state index < -0.39 is 0 Å². The molecule has 0 aromatic carbocycles. The average Bonchev–Trinajstić information content (AvgIpc) is 2.55. The Bertz CT molecular complexity index is 240. The van der Waals surface area contributed by atoms with Crippen LogP contribution in [-0.4, -0.2) is 4.98 Å². The van der Waals surface area contributed by atoms with Crippen molar-refractivity contribution < 1.29 is 0 Å². The molecule has 1 fully saturated rings. The second kappa shape index (κ2) is 3.23. The first kappa shape index (κ1) is 7.74. The molecule has 1 heterocycles. The van der Waals surface area contributed by atoms with Gasteiger partial charge in [-0.3, -0.25) is 0 Å². The zero-order valence-electron chi connectivity index (χ0n) is 6.22. The van der Waals surface area contributed by atoms with Crippen LogP contribution < -0.4 is 0 Å². The maximum Gasteiger partial charge on any atom is 0.120 e. The number of halogens is 1. The Balaban J connectivity index is 2.21. The Labute approximate surface area is 79.0 Å². The summed E-state index contributed by atoms with van der Waals surface area (Å²) in [6.07, 6.45) is 5.52. The van der Waals surface area contributed by atoms with Crippen LogP contribution in [0.4, 0.5) is 0 Å². The molecule has 1 aromatic rings. The van der Waals surface area contributed by atoms with Gasteiger partial charge < -0.3 is 0 Å². The van der Waals surface area contributed by atoms with Crippen LogP contribution >= 0.6 is 27.3 Å². The summed E-state index contributed by atoms with van der Waals surface area (Å²) in [4.78, 5) is 5.66. The Morgan fingerprint density at radius 3 is 2.73 bits per heavy atom. The Morgan fingerprint density at radius 1 is 1.45 bits per heavy atom. The van der Waals surface area contributed by atoms with Gasteiger partial charge in [0.1, 0.15) is 4.60 Å². The quantitative estimate of drug-likeness (QED) is 0.721. The van der Waals surface area contributed by atoms with Crippen molar-refractivity contribution in [2.24, 2.45) is 0 Å². The van der Waals surface area contributed by atoms with Gasteiger partial charge in [-0.15, -0.1) is 11.3 Å². The van der Waals surface area contributed by atoms with Crippen LogP contribution in [0.25, 0.3) is 0 Å². The molecule has 1 saturated carbocycles. The van der Waals surface area contributed by atoms with E-state index in [-0.39, 0.29) is 0 Å². The second-order valence-electron chi connectivity index (χ2n) is 2.99. The summed E-state index contributed by atoms with van der Waals surface area (Å²) >= 11 is 5.26. The van der Waals surface area contributed by atoms with E-state index in [9.17, 15) is 0 Å². The lowest BCUT2D eigenvalue weighted by Crippen LogP contribution is -1.88. The summed E-state index contributed by atoms with van der Waals surface area (Å²) in [5.74, 6) is 0.803. The van der Waals surface area contributed by atoms with Gasteiger partial charge in [0.25, 0.3) is 0 Å². The van der Waals surface area contributed by atoms with Crippen LogP contribution in [0.3, 0.4) is 0 Å². The molecule has 0 N–H and O–H groups in total. The monoisotopic (exact) mass is 231 g/mol. The normalized spacial score (nSPS) is 19.4. The predicted octanol–water partition coefficient (Wildman–Crippen LogP) is 3.56. The summed E-state index contributed by atoms with van der Waals surface area (Å²) in [5, 5.41) is 0. The third-order valence-corrected chi connectivity index (χ3v) is 4.16. The van der Waals surface area contributed by atoms with Crippen molar-refractivity contribution in [1.82, 2.24) is 4.98 Å². The van der Waals surface area contributed by atoms with E-state index in [0.717, 1.165) is 10.5 Å². The molecule has 0 bridgehead atoms. The Kier molecular flexibility index (Phi) is 2.28. The standard InChI is InChI=1S/C8H10BrNS/c9-8-7(11-5-10-8)6-3-1-2-4-6/h5-6H,1-4H2. The minimum absolute atomic E-state index is 0.803. The zero-order chi connectivity index (χ0) is 7.68. The van der Waals surface area contributed by atoms with Gasteiger partial charge in [-0.1, -0.05) is 12.8 Å². The Hall–Kier alpha value is 0.110. The molecular formula is C8H10BrNS. The third kappa shape index (κ3) is 1.49. The fourth-order valence-electron chi connectivity index (χ4n) is 1.69. The van der Waals surface area contributed by atoms with Gasteiger partial charge in [0, 0.05) is 4.88 Å². The topological polar surface area (TPSA) is 12.9 Å². The fraction of sp³-hybridized carbons (Fsp3) is 0.625. The number of nitrogens with zero attached hydrogens (tertiary/aromatic N) is 1. The summed E-state index contributed by atoms with van der Waals surface area (Å²) in [7, 11) is 0. The number of rotatable bonds is 1. The smallest absolute Gasteiger partial charge is 0.120 e. The van der Waals surface area contributed by atoms with Gasteiger partial charge in [-0.2, -0.15) is 0 Å². The molecule has 1 aromatic heterocycles. The molecule has 3 heteroatoms. The van der Waals surface area contributed by atoms with E-state index >= 15 is 0 Å². The van der Waals surface area contributed by atoms with Gasteiger partial charge in [0.05, 0.1) is 5.51 Å². The summed E-state index contributed by atoms with van der Waals surface area (Å²) in [6.45, 7) is 0. The molecule has 2 rings (SSSR count). The number of hydrogen-bond acceptors (Lipinski definition) is 2. The van der Waals surface area contributed by atoms with Crippen LogP contribution in [0.2, 0.25) is 0 Å². The zero-order valence-corrected chi connectivity index (χ0v) is 8.62. The van der Waals surface area contributed by atoms with Crippen LogP contribution in [0, 0.1) is 0 Å². The fourth-order valence-corrected chi connectivity index (χ4v) is 3.39. The molecule has 60 valence electrons. The van der Waals surface area contributed by atoms with Crippen molar-refractivity contribution in [2.45, 2.75) is 31.6 Å². The maximum absolute atomic E-state index is 4.20. The highest BCUT2D eigenvalue weighted by molar-refractivity contribution is 9.10. The lowest BCUT2D eigenvalue weighted by atomic mass is 10.1. The lowest BCUT2D eigenvalue weighted by molar-refractivity contribution is 0.732. The molecule has 0 atom stereocenters. The van der Waals surface area contributed by atoms with Crippen LogP contribution in [-0.2, 0) is 0 Å². The van der Waals surface area contributed by atoms with Gasteiger partial charge in [0.2, 0.25) is 0 Å². The van der Waals surface area contributed by atoms with E-state index in [4.69, 9.17) is 0 Å². The first-order chi connectivity index (χ1) is 5.38. The second-order valence-corrected chi connectivity index (χ2v) is 4.63. The third-order valence-electron chi connectivity index (χ3n) is 2.28. The van der Waals surface area contributed by atoms with Crippen molar-refractivity contribution in [1.29, 1.82) is 0 Å². The molecular weight excluding hydrogens is 222 g/mol. The first-order valence-electron chi connectivity index (χ1n) is 3.97. The van der Waals surface area contributed by atoms with Gasteiger partial charge in [-0.05, 0) is 34.7 Å². The van der Waals surface area contributed by atoms with E-state index in [1.807, 2.05) is 5.51 Å². The molecule has 0 amide bonds. The van der Waals surface area contributed by atoms with Crippen molar-refractivity contribution in [2.75, 3.05) is 0 Å². The van der Waals surface area contributed by atoms with E-state index in [1.165, 1.54) is 30.6 Å². The van der Waals surface area contributed by atoms with Crippen LogP contribution in [0.1, 0.15) is 36.5 Å². The van der Waals surface area contributed by atoms with Crippen molar-refractivity contribution in [3.8, 4) is 0 Å². The van der Waals surface area contributed by atoms with Crippen molar-refractivity contribution in [3.05, 3.63) is 15.0 Å². The van der Waals surface area contributed by atoms with E-state index in [2.05, 4.69) is 20.9 Å². The van der Waals surface area contributed by atoms with Crippen molar-refractivity contribution >= 4 is 27.3 Å². The van der Waals surface area contributed by atoms with Crippen molar-refractivity contribution in [3.63, 3.8) is 0 Å². The molecule has 11 heavy (non-hydrogen) atoms. The Morgan fingerprint density at radius 2 is 2.18 bits per heavy atom. The molecule has 1 aliphatic carbocycles. The van der Waals surface area contributed by atoms with Gasteiger partial charge in [-0.25, -0.2) is 4.98 Å². The SMILES string of the molecule is Brc1ncsc1C1CCCC1. The highest BCUT2D eigenvalue weighted by atomic mass is 79.9. The van der Waals surface area contributed by atoms with E-state index in [1.54, 1.807) is 11.3 Å². The van der Waals surface area contributed by atoms with Crippen LogP contribution in [0.15, 0.2) is 10.1 Å². The number of aromatic nitrogens is 1. The molecule has 0 aliphatic heterocycles. The summed E-state index contributed by atoms with van der Waals surface area (Å²) in [6, 6.07) is 0. The molecule has 0 saturated heterocycles. The highest BCUT2D eigenvalue weighted by Crippen LogP contribution is 2.39. The highest BCUT2D eigenvalue weighted by Gasteiger charge is 2.20. The molecule has 0 spiro atoms. The molecule has 1 nitrogen and oxygen atoms in total. The maximum atomic E-state index is 4.20. The molecule has 0 radical (unpaired) electrons. The summed E-state index contributed by atoms with van der Waals surface area (Å²) in [5.41, 5.74) is 1.93. The minimum Gasteiger partial charge on any atom is -0.237 e. The van der Waals surface area contributed by atoms with E-state index in [0.29, 0.717) is 0 Å².